The maximum absolute atomic E-state index is 12.1. The number of aryl methyl sites for hydroxylation is 1. The van der Waals surface area contributed by atoms with E-state index in [-0.39, 0.29) is 30.9 Å². The van der Waals surface area contributed by atoms with Crippen LogP contribution >= 0.6 is 0 Å². The fourth-order valence-electron chi connectivity index (χ4n) is 3.14. The topological polar surface area (TPSA) is 98.1 Å². The summed E-state index contributed by atoms with van der Waals surface area (Å²) in [5.41, 5.74) is 2.66. The average Bonchev–Trinajstić information content (AvgIpc) is 3.14. The van der Waals surface area contributed by atoms with E-state index in [2.05, 4.69) is 20.7 Å². The molecule has 0 aliphatic carbocycles. The minimum Gasteiger partial charge on any atom is -0.484 e. The van der Waals surface area contributed by atoms with Crippen LogP contribution in [0.4, 0.5) is 11.6 Å². The number of hydrogen-bond acceptors (Lipinski definition) is 5. The summed E-state index contributed by atoms with van der Waals surface area (Å²) in [6.45, 7) is 1.85. The highest BCUT2D eigenvalue weighted by Crippen LogP contribution is 2.30. The molecule has 1 atom stereocenters. The van der Waals surface area contributed by atoms with Crippen molar-refractivity contribution >= 4 is 23.5 Å². The van der Waals surface area contributed by atoms with Gasteiger partial charge in [-0.05, 0) is 42.3 Å². The molecule has 142 valence electrons. The Bertz CT molecular complexity index is 1030. The molecule has 2 aromatic carbocycles. The predicted octanol–water partition coefficient (Wildman–Crippen LogP) is 2.54. The highest BCUT2D eigenvalue weighted by atomic mass is 16.5. The van der Waals surface area contributed by atoms with Crippen LogP contribution in [0.2, 0.25) is 0 Å². The Labute approximate surface area is 161 Å². The molecule has 1 aliphatic rings. The number of ether oxygens (including phenoxy) is 1. The van der Waals surface area contributed by atoms with E-state index in [1.165, 1.54) is 6.33 Å². The fourth-order valence-corrected chi connectivity index (χ4v) is 3.14. The second-order valence-electron chi connectivity index (χ2n) is 6.58. The first-order valence-corrected chi connectivity index (χ1v) is 8.87. The van der Waals surface area contributed by atoms with Crippen LogP contribution in [0.3, 0.4) is 0 Å². The number of benzene rings is 2. The molecule has 1 aromatic heterocycles. The number of nitrogens with zero attached hydrogens (tertiary/aromatic N) is 3. The number of aromatic nitrogens is 3. The predicted molar refractivity (Wildman–Crippen MR) is 103 cm³/mol. The van der Waals surface area contributed by atoms with E-state index in [9.17, 15) is 9.59 Å². The summed E-state index contributed by atoms with van der Waals surface area (Å²) in [6, 6.07) is 14.6. The SMILES string of the molecule is Cc1cccc(NC(=O)COc2cccc(C3CC(=O)Nc4ncnn43)c2)c1. The van der Waals surface area contributed by atoms with Crippen molar-refractivity contribution in [2.75, 3.05) is 17.2 Å². The van der Waals surface area contributed by atoms with Gasteiger partial charge in [0, 0.05) is 5.69 Å². The van der Waals surface area contributed by atoms with Gasteiger partial charge in [-0.1, -0.05) is 24.3 Å². The zero-order valence-electron chi connectivity index (χ0n) is 15.3. The Morgan fingerprint density at radius 1 is 1.29 bits per heavy atom. The van der Waals surface area contributed by atoms with Crippen LogP contribution in [0.1, 0.15) is 23.6 Å². The highest BCUT2D eigenvalue weighted by molar-refractivity contribution is 5.92. The van der Waals surface area contributed by atoms with E-state index in [0.29, 0.717) is 11.7 Å². The Kier molecular flexibility index (Phi) is 4.76. The zero-order valence-corrected chi connectivity index (χ0v) is 15.3. The Morgan fingerprint density at radius 2 is 2.14 bits per heavy atom. The van der Waals surface area contributed by atoms with Crippen LogP contribution in [-0.4, -0.2) is 33.2 Å². The lowest BCUT2D eigenvalue weighted by Gasteiger charge is -2.24. The molecule has 2 heterocycles. The van der Waals surface area contributed by atoms with E-state index in [4.69, 9.17) is 4.74 Å². The molecule has 1 unspecified atom stereocenters. The molecular formula is C20H19N5O3. The van der Waals surface area contributed by atoms with Gasteiger partial charge >= 0.3 is 0 Å². The Hall–Kier alpha value is -3.68. The van der Waals surface area contributed by atoms with Crippen molar-refractivity contribution in [2.24, 2.45) is 0 Å². The van der Waals surface area contributed by atoms with E-state index >= 15 is 0 Å². The van der Waals surface area contributed by atoms with Gasteiger partial charge in [0.25, 0.3) is 5.91 Å². The molecule has 0 saturated heterocycles. The molecule has 1 aliphatic heterocycles. The van der Waals surface area contributed by atoms with Gasteiger partial charge in [-0.2, -0.15) is 10.1 Å². The third kappa shape index (κ3) is 3.85. The molecule has 0 fully saturated rings. The van der Waals surface area contributed by atoms with E-state index in [0.717, 1.165) is 16.8 Å². The number of carbonyl (C=O) groups excluding carboxylic acids is 2. The molecule has 8 nitrogen and oxygen atoms in total. The lowest BCUT2D eigenvalue weighted by molar-refractivity contribution is -0.118. The summed E-state index contributed by atoms with van der Waals surface area (Å²) in [5, 5.41) is 9.69. The van der Waals surface area contributed by atoms with Gasteiger partial charge in [0.15, 0.2) is 6.61 Å². The van der Waals surface area contributed by atoms with Crippen molar-refractivity contribution in [1.29, 1.82) is 0 Å². The number of rotatable bonds is 5. The molecule has 0 radical (unpaired) electrons. The largest absolute Gasteiger partial charge is 0.484 e. The lowest BCUT2D eigenvalue weighted by atomic mass is 10.0. The van der Waals surface area contributed by atoms with E-state index < -0.39 is 0 Å². The van der Waals surface area contributed by atoms with Gasteiger partial charge in [0.1, 0.15) is 12.1 Å². The molecule has 0 saturated carbocycles. The quantitative estimate of drug-likeness (QED) is 0.712. The molecule has 4 rings (SSSR count). The minimum atomic E-state index is -0.268. The summed E-state index contributed by atoms with van der Waals surface area (Å²) >= 11 is 0. The summed E-state index contributed by atoms with van der Waals surface area (Å²) < 4.78 is 7.31. The molecule has 0 bridgehead atoms. The molecule has 3 aromatic rings. The number of carbonyl (C=O) groups is 2. The summed E-state index contributed by atoms with van der Waals surface area (Å²) in [7, 11) is 0. The van der Waals surface area contributed by atoms with Crippen LogP contribution in [0, 0.1) is 6.92 Å². The smallest absolute Gasteiger partial charge is 0.262 e. The molecule has 2 amide bonds. The van der Waals surface area contributed by atoms with Crippen LogP contribution in [-0.2, 0) is 9.59 Å². The van der Waals surface area contributed by atoms with Crippen molar-refractivity contribution in [3.8, 4) is 5.75 Å². The lowest BCUT2D eigenvalue weighted by Crippen LogP contribution is -2.29. The second-order valence-corrected chi connectivity index (χ2v) is 6.58. The maximum atomic E-state index is 12.1. The fraction of sp³-hybridized carbons (Fsp3) is 0.200. The van der Waals surface area contributed by atoms with Crippen molar-refractivity contribution in [3.05, 3.63) is 66.0 Å². The standard InChI is InChI=1S/C20H19N5O3/c1-13-4-2-6-15(8-13)23-19(27)11-28-16-7-3-5-14(9-16)17-10-18(26)24-20-21-12-22-25(17)20/h2-9,12,17H,10-11H2,1H3,(H,23,27)(H,21,22,24,26). The van der Waals surface area contributed by atoms with Gasteiger partial charge in [-0.15, -0.1) is 0 Å². The first-order chi connectivity index (χ1) is 13.6. The van der Waals surface area contributed by atoms with Crippen molar-refractivity contribution in [2.45, 2.75) is 19.4 Å². The zero-order chi connectivity index (χ0) is 19.5. The van der Waals surface area contributed by atoms with Gasteiger partial charge in [-0.3, -0.25) is 14.9 Å². The summed E-state index contributed by atoms with van der Waals surface area (Å²) in [4.78, 5) is 28.1. The van der Waals surface area contributed by atoms with Gasteiger partial charge in [0.05, 0.1) is 12.5 Å². The van der Waals surface area contributed by atoms with Crippen molar-refractivity contribution in [3.63, 3.8) is 0 Å². The van der Waals surface area contributed by atoms with Crippen LogP contribution < -0.4 is 15.4 Å². The number of anilines is 2. The van der Waals surface area contributed by atoms with Gasteiger partial charge in [-0.25, -0.2) is 4.68 Å². The number of fused-ring (bicyclic) bond motifs is 1. The van der Waals surface area contributed by atoms with Crippen LogP contribution in [0.25, 0.3) is 0 Å². The normalized spacial score (nSPS) is 15.5. The maximum Gasteiger partial charge on any atom is 0.262 e. The third-order valence-electron chi connectivity index (χ3n) is 4.41. The molecule has 8 heteroatoms. The van der Waals surface area contributed by atoms with Crippen molar-refractivity contribution in [1.82, 2.24) is 14.8 Å². The summed E-state index contributed by atoms with van der Waals surface area (Å²) in [6.07, 6.45) is 1.66. The van der Waals surface area contributed by atoms with Crippen molar-refractivity contribution < 1.29 is 14.3 Å². The number of hydrogen-bond donors (Lipinski definition) is 2. The van der Waals surface area contributed by atoms with E-state index in [1.807, 2.05) is 49.4 Å². The number of nitrogens with one attached hydrogen (secondary N) is 2. The molecule has 2 N–H and O–H groups in total. The molecular weight excluding hydrogens is 358 g/mol. The summed E-state index contributed by atoms with van der Waals surface area (Å²) in [5.74, 6) is 0.607. The van der Waals surface area contributed by atoms with E-state index in [1.54, 1.807) is 10.7 Å². The first kappa shape index (κ1) is 17.7. The minimum absolute atomic E-state index is 0.114. The Balaban J connectivity index is 1.43. The highest BCUT2D eigenvalue weighted by Gasteiger charge is 2.27. The average molecular weight is 377 g/mol. The molecule has 28 heavy (non-hydrogen) atoms. The van der Waals surface area contributed by atoms with Gasteiger partial charge in [0.2, 0.25) is 11.9 Å². The van der Waals surface area contributed by atoms with Crippen LogP contribution in [0.5, 0.6) is 5.75 Å². The first-order valence-electron chi connectivity index (χ1n) is 8.87. The number of amides is 2. The Morgan fingerprint density at radius 3 is 3.00 bits per heavy atom. The second kappa shape index (κ2) is 7.51. The monoisotopic (exact) mass is 377 g/mol. The third-order valence-corrected chi connectivity index (χ3v) is 4.41. The van der Waals surface area contributed by atoms with Crippen LogP contribution in [0.15, 0.2) is 54.9 Å². The molecule has 0 spiro atoms. The van der Waals surface area contributed by atoms with Gasteiger partial charge < -0.3 is 10.1 Å².